The Bertz CT molecular complexity index is 558. The van der Waals surface area contributed by atoms with Crippen molar-refractivity contribution in [2.45, 2.75) is 25.8 Å². The molecule has 22 heavy (non-hydrogen) atoms. The Morgan fingerprint density at radius 1 is 1.27 bits per heavy atom. The first kappa shape index (κ1) is 14.7. The fourth-order valence-corrected chi connectivity index (χ4v) is 3.07. The van der Waals surface area contributed by atoms with Crippen molar-refractivity contribution in [3.8, 4) is 0 Å². The highest BCUT2D eigenvalue weighted by atomic mass is 16.2. The molecule has 2 fully saturated rings. The summed E-state index contributed by atoms with van der Waals surface area (Å²) in [6.45, 7) is 4.79. The maximum Gasteiger partial charge on any atom is 0.321 e. The van der Waals surface area contributed by atoms with Crippen molar-refractivity contribution in [1.82, 2.24) is 15.1 Å². The third kappa shape index (κ3) is 3.16. The van der Waals surface area contributed by atoms with Gasteiger partial charge in [0.2, 0.25) is 0 Å². The largest absolute Gasteiger partial charge is 0.336 e. The Morgan fingerprint density at radius 2 is 2.05 bits per heavy atom. The molecule has 1 aromatic carbocycles. The first-order chi connectivity index (χ1) is 10.6. The molecule has 0 unspecified atom stereocenters. The molecule has 3 rings (SSSR count). The number of carbonyl (C=O) groups excluding carboxylic acids is 2. The van der Waals surface area contributed by atoms with E-state index in [1.54, 1.807) is 4.90 Å². The third-order valence-corrected chi connectivity index (χ3v) is 4.32. The van der Waals surface area contributed by atoms with Crippen LogP contribution in [-0.4, -0.2) is 54.1 Å². The van der Waals surface area contributed by atoms with Gasteiger partial charge in [0.15, 0.2) is 0 Å². The van der Waals surface area contributed by atoms with Crippen molar-refractivity contribution >= 4 is 17.7 Å². The highest BCUT2D eigenvalue weighted by molar-refractivity contribution is 5.89. The van der Waals surface area contributed by atoms with Crippen molar-refractivity contribution in [3.63, 3.8) is 0 Å². The summed E-state index contributed by atoms with van der Waals surface area (Å²) in [6.07, 6.45) is 1.89. The van der Waals surface area contributed by atoms with E-state index in [0.29, 0.717) is 13.1 Å². The lowest BCUT2D eigenvalue weighted by atomic mass is 10.0. The van der Waals surface area contributed by atoms with Gasteiger partial charge in [0.1, 0.15) is 0 Å². The van der Waals surface area contributed by atoms with Crippen molar-refractivity contribution in [2.75, 3.05) is 31.5 Å². The second-order valence-electron chi connectivity index (χ2n) is 5.96. The fourth-order valence-electron chi connectivity index (χ4n) is 3.07. The maximum atomic E-state index is 12.4. The molecule has 0 aromatic heterocycles. The molecule has 2 aliphatic rings. The number of hydrogen-bond acceptors (Lipinski definition) is 2. The summed E-state index contributed by atoms with van der Waals surface area (Å²) in [6, 6.07) is 7.79. The average molecular weight is 302 g/mol. The van der Waals surface area contributed by atoms with Crippen LogP contribution < -0.4 is 10.6 Å². The molecular formula is C16H22N4O2. The first-order valence-electron chi connectivity index (χ1n) is 7.80. The minimum Gasteiger partial charge on any atom is -0.336 e. The molecule has 2 N–H and O–H groups in total. The number of nitrogens with one attached hydrogen (secondary N) is 2. The molecule has 0 spiro atoms. The summed E-state index contributed by atoms with van der Waals surface area (Å²) in [5.41, 5.74) is 1.97. The lowest BCUT2D eigenvalue weighted by Gasteiger charge is -2.36. The Balaban J connectivity index is 1.60. The van der Waals surface area contributed by atoms with Crippen LogP contribution >= 0.6 is 0 Å². The molecule has 6 nitrogen and oxygen atoms in total. The summed E-state index contributed by atoms with van der Waals surface area (Å²) in [5, 5.41) is 5.75. The quantitative estimate of drug-likeness (QED) is 0.878. The minimum atomic E-state index is -0.0897. The molecule has 2 saturated heterocycles. The van der Waals surface area contributed by atoms with Gasteiger partial charge in [-0.15, -0.1) is 0 Å². The number of amides is 4. The van der Waals surface area contributed by atoms with Crippen LogP contribution in [0.15, 0.2) is 24.3 Å². The Kier molecular flexibility index (Phi) is 4.18. The number of piperidine rings is 1. The highest BCUT2D eigenvalue weighted by Gasteiger charge is 2.32. The fraction of sp³-hybridized carbons (Fsp3) is 0.500. The summed E-state index contributed by atoms with van der Waals surface area (Å²) in [4.78, 5) is 27.8. The van der Waals surface area contributed by atoms with Gasteiger partial charge in [0.25, 0.3) is 0 Å². The summed E-state index contributed by atoms with van der Waals surface area (Å²) in [7, 11) is 0. The number of rotatable bonds is 2. The van der Waals surface area contributed by atoms with E-state index in [0.717, 1.165) is 37.2 Å². The summed E-state index contributed by atoms with van der Waals surface area (Å²) in [5.74, 6) is 0. The molecule has 4 amide bonds. The molecule has 0 saturated carbocycles. The predicted octanol–water partition coefficient (Wildman–Crippen LogP) is 2.02. The van der Waals surface area contributed by atoms with Gasteiger partial charge in [-0.1, -0.05) is 17.7 Å². The van der Waals surface area contributed by atoms with Gasteiger partial charge < -0.3 is 20.4 Å². The average Bonchev–Trinajstić information content (AvgIpc) is 2.96. The minimum absolute atomic E-state index is 0.00853. The zero-order chi connectivity index (χ0) is 15.5. The highest BCUT2D eigenvalue weighted by Crippen LogP contribution is 2.19. The number of likely N-dealkylation sites (tertiary alicyclic amines) is 1. The zero-order valence-corrected chi connectivity index (χ0v) is 12.8. The van der Waals surface area contributed by atoms with Gasteiger partial charge in [-0.05, 0) is 31.9 Å². The van der Waals surface area contributed by atoms with Gasteiger partial charge in [-0.25, -0.2) is 9.59 Å². The third-order valence-electron chi connectivity index (χ3n) is 4.32. The number of benzene rings is 1. The SMILES string of the molecule is Cc1ccc(NC(=O)N2CCC[C@@H](N3CCNC3=O)C2)cc1. The number of aryl methyl sites for hydroxylation is 1. The molecule has 0 aliphatic carbocycles. The maximum absolute atomic E-state index is 12.4. The molecule has 118 valence electrons. The van der Waals surface area contributed by atoms with Crippen LogP contribution in [0.4, 0.5) is 15.3 Å². The summed E-state index contributed by atoms with van der Waals surface area (Å²) >= 11 is 0. The van der Waals surface area contributed by atoms with Crippen molar-refractivity contribution in [2.24, 2.45) is 0 Å². The molecule has 2 aliphatic heterocycles. The van der Waals surface area contributed by atoms with E-state index >= 15 is 0 Å². The van der Waals surface area contributed by atoms with E-state index in [1.165, 1.54) is 0 Å². The Morgan fingerprint density at radius 3 is 2.73 bits per heavy atom. The van der Waals surface area contributed by atoms with Crippen LogP contribution in [0.1, 0.15) is 18.4 Å². The molecule has 2 heterocycles. The van der Waals surface area contributed by atoms with Crippen LogP contribution in [0.25, 0.3) is 0 Å². The standard InChI is InChI=1S/C16H22N4O2/c1-12-4-6-13(7-5-12)18-16(22)19-9-2-3-14(11-19)20-10-8-17-15(20)21/h4-7,14H,2-3,8-11H2,1H3,(H,17,21)(H,18,22)/t14-/m1/s1. The van der Waals surface area contributed by atoms with Crippen LogP contribution in [0, 0.1) is 6.92 Å². The summed E-state index contributed by atoms with van der Waals surface area (Å²) < 4.78 is 0. The Labute approximate surface area is 130 Å². The van der Waals surface area contributed by atoms with Crippen LogP contribution in [0.2, 0.25) is 0 Å². The number of anilines is 1. The molecular weight excluding hydrogens is 280 g/mol. The molecule has 0 radical (unpaired) electrons. The number of carbonyl (C=O) groups is 2. The first-order valence-corrected chi connectivity index (χ1v) is 7.80. The van der Waals surface area contributed by atoms with Crippen LogP contribution in [-0.2, 0) is 0 Å². The van der Waals surface area contributed by atoms with Gasteiger partial charge in [-0.3, -0.25) is 0 Å². The van der Waals surface area contributed by atoms with Crippen LogP contribution in [0.3, 0.4) is 0 Å². The molecule has 6 heteroatoms. The Hall–Kier alpha value is -2.24. The number of urea groups is 2. The lowest BCUT2D eigenvalue weighted by Crippen LogP contribution is -2.51. The van der Waals surface area contributed by atoms with E-state index in [1.807, 2.05) is 36.1 Å². The van der Waals surface area contributed by atoms with E-state index in [-0.39, 0.29) is 18.1 Å². The van der Waals surface area contributed by atoms with Gasteiger partial charge in [0.05, 0.1) is 6.04 Å². The van der Waals surface area contributed by atoms with E-state index < -0.39 is 0 Å². The van der Waals surface area contributed by atoms with Crippen LogP contribution in [0.5, 0.6) is 0 Å². The normalized spacial score (nSPS) is 21.7. The molecule has 1 atom stereocenters. The lowest BCUT2D eigenvalue weighted by molar-refractivity contribution is 0.139. The van der Waals surface area contributed by atoms with Crippen molar-refractivity contribution in [3.05, 3.63) is 29.8 Å². The molecule has 0 bridgehead atoms. The molecule has 1 aromatic rings. The smallest absolute Gasteiger partial charge is 0.321 e. The second-order valence-corrected chi connectivity index (χ2v) is 5.96. The predicted molar refractivity (Wildman–Crippen MR) is 84.9 cm³/mol. The van der Waals surface area contributed by atoms with Gasteiger partial charge in [-0.2, -0.15) is 0 Å². The zero-order valence-electron chi connectivity index (χ0n) is 12.8. The van der Waals surface area contributed by atoms with Gasteiger partial charge in [0, 0.05) is 31.9 Å². The monoisotopic (exact) mass is 302 g/mol. The van der Waals surface area contributed by atoms with Crippen molar-refractivity contribution in [1.29, 1.82) is 0 Å². The van der Waals surface area contributed by atoms with E-state index in [2.05, 4.69) is 10.6 Å². The van der Waals surface area contributed by atoms with Gasteiger partial charge >= 0.3 is 12.1 Å². The topological polar surface area (TPSA) is 64.7 Å². The number of hydrogen-bond donors (Lipinski definition) is 2. The second kappa shape index (κ2) is 6.25. The van der Waals surface area contributed by atoms with Crippen molar-refractivity contribution < 1.29 is 9.59 Å². The van der Waals surface area contributed by atoms with E-state index in [9.17, 15) is 9.59 Å². The van der Waals surface area contributed by atoms with E-state index in [4.69, 9.17) is 0 Å². The number of nitrogens with zero attached hydrogens (tertiary/aromatic N) is 2.